The Hall–Kier alpha value is -2.28. The van der Waals surface area contributed by atoms with Crippen molar-refractivity contribution in [3.63, 3.8) is 0 Å². The Morgan fingerprint density at radius 2 is 1.58 bits per heavy atom. The van der Waals surface area contributed by atoms with E-state index in [4.69, 9.17) is 0 Å². The molecule has 0 atom stereocenters. The van der Waals surface area contributed by atoms with Crippen LogP contribution in [-0.4, -0.2) is 5.11 Å². The van der Waals surface area contributed by atoms with Gasteiger partial charge in [-0.05, 0) is 34.9 Å². The molecule has 0 bridgehead atoms. The summed E-state index contributed by atoms with van der Waals surface area (Å²) >= 11 is 0. The van der Waals surface area contributed by atoms with Gasteiger partial charge >= 0.3 is 0 Å². The normalized spacial score (nSPS) is 10.8. The summed E-state index contributed by atoms with van der Waals surface area (Å²) in [7, 11) is 0. The summed E-state index contributed by atoms with van der Waals surface area (Å²) in [6, 6.07) is 20.3. The van der Waals surface area contributed by atoms with E-state index >= 15 is 0 Å². The van der Waals surface area contributed by atoms with E-state index in [9.17, 15) is 5.11 Å². The lowest BCUT2D eigenvalue weighted by Crippen LogP contribution is -1.93. The number of benzene rings is 3. The van der Waals surface area contributed by atoms with Crippen LogP contribution in [0.25, 0.3) is 10.8 Å². The Morgan fingerprint density at radius 3 is 2.42 bits per heavy atom. The van der Waals surface area contributed by atoms with Crippen LogP contribution in [0.5, 0.6) is 5.75 Å². The maximum absolute atomic E-state index is 10.2. The van der Waals surface area contributed by atoms with Gasteiger partial charge in [-0.2, -0.15) is 0 Å². The van der Waals surface area contributed by atoms with Gasteiger partial charge in [0.05, 0.1) is 0 Å². The molecule has 3 aromatic carbocycles. The molecule has 0 saturated heterocycles. The number of phenols is 1. The Kier molecular flexibility index (Phi) is 2.96. The lowest BCUT2D eigenvalue weighted by molar-refractivity contribution is 0.470. The number of hydrogen-bond donors (Lipinski definition) is 1. The van der Waals surface area contributed by atoms with E-state index in [-0.39, 0.29) is 0 Å². The lowest BCUT2D eigenvalue weighted by Gasteiger charge is -2.11. The molecule has 0 heterocycles. The van der Waals surface area contributed by atoms with Gasteiger partial charge in [0, 0.05) is 12.0 Å². The summed E-state index contributed by atoms with van der Waals surface area (Å²) in [5.41, 5.74) is 3.52. The summed E-state index contributed by atoms with van der Waals surface area (Å²) in [4.78, 5) is 0. The third kappa shape index (κ3) is 2.19. The van der Waals surface area contributed by atoms with Crippen LogP contribution in [0.1, 0.15) is 16.7 Å². The van der Waals surface area contributed by atoms with Crippen LogP contribution >= 0.6 is 0 Å². The molecule has 0 fully saturated rings. The van der Waals surface area contributed by atoms with Gasteiger partial charge in [-0.1, -0.05) is 54.6 Å². The molecule has 1 N–H and O–H groups in total. The van der Waals surface area contributed by atoms with Gasteiger partial charge in [-0.3, -0.25) is 0 Å². The van der Waals surface area contributed by atoms with Gasteiger partial charge in [0.15, 0.2) is 0 Å². The second kappa shape index (κ2) is 4.77. The van der Waals surface area contributed by atoms with Crippen molar-refractivity contribution in [3.05, 3.63) is 77.4 Å². The quantitative estimate of drug-likeness (QED) is 0.710. The van der Waals surface area contributed by atoms with Gasteiger partial charge in [0.2, 0.25) is 0 Å². The minimum Gasteiger partial charge on any atom is -0.508 e. The van der Waals surface area contributed by atoms with Gasteiger partial charge in [-0.25, -0.2) is 0 Å². The standard InChI is InChI=1S/C18H16O/c1-13-6-2-3-8-15(13)12-17-16-9-5-4-7-14(16)10-11-18(17)19/h2-11,19H,12H2,1H3. The molecule has 19 heavy (non-hydrogen) atoms. The maximum atomic E-state index is 10.2. The van der Waals surface area contributed by atoms with E-state index in [1.165, 1.54) is 16.5 Å². The molecule has 0 aliphatic carbocycles. The van der Waals surface area contributed by atoms with Crippen molar-refractivity contribution in [2.75, 3.05) is 0 Å². The molecule has 1 heteroatoms. The predicted molar refractivity (Wildman–Crippen MR) is 79.6 cm³/mol. The molecular weight excluding hydrogens is 232 g/mol. The van der Waals surface area contributed by atoms with E-state index < -0.39 is 0 Å². The van der Waals surface area contributed by atoms with Crippen LogP contribution < -0.4 is 0 Å². The average Bonchev–Trinajstić information content (AvgIpc) is 2.44. The van der Waals surface area contributed by atoms with E-state index in [0.717, 1.165) is 17.4 Å². The summed E-state index contributed by atoms with van der Waals surface area (Å²) in [5.74, 6) is 0.377. The fraction of sp³-hybridized carbons (Fsp3) is 0.111. The first-order valence-electron chi connectivity index (χ1n) is 6.50. The monoisotopic (exact) mass is 248 g/mol. The Balaban J connectivity index is 2.15. The minimum atomic E-state index is 0.377. The molecule has 0 unspecified atom stereocenters. The highest BCUT2D eigenvalue weighted by Crippen LogP contribution is 2.29. The predicted octanol–water partition coefficient (Wildman–Crippen LogP) is 4.44. The zero-order chi connectivity index (χ0) is 13.2. The van der Waals surface area contributed by atoms with E-state index in [0.29, 0.717) is 5.75 Å². The van der Waals surface area contributed by atoms with Crippen molar-refractivity contribution >= 4 is 10.8 Å². The lowest BCUT2D eigenvalue weighted by atomic mass is 9.95. The van der Waals surface area contributed by atoms with Gasteiger partial charge < -0.3 is 5.11 Å². The van der Waals surface area contributed by atoms with Crippen LogP contribution in [0.3, 0.4) is 0 Å². The van der Waals surface area contributed by atoms with Crippen molar-refractivity contribution in [2.45, 2.75) is 13.3 Å². The zero-order valence-corrected chi connectivity index (χ0v) is 10.9. The molecule has 1 nitrogen and oxygen atoms in total. The Bertz CT molecular complexity index is 729. The second-order valence-corrected chi connectivity index (χ2v) is 4.89. The molecule has 0 spiro atoms. The largest absolute Gasteiger partial charge is 0.508 e. The molecule has 0 radical (unpaired) electrons. The maximum Gasteiger partial charge on any atom is 0.119 e. The van der Waals surface area contributed by atoms with Crippen LogP contribution in [-0.2, 0) is 6.42 Å². The molecule has 0 aliphatic rings. The van der Waals surface area contributed by atoms with E-state index in [2.05, 4.69) is 31.2 Å². The van der Waals surface area contributed by atoms with Crippen LogP contribution in [0.2, 0.25) is 0 Å². The van der Waals surface area contributed by atoms with Gasteiger partial charge in [0.25, 0.3) is 0 Å². The molecule has 0 amide bonds. The first-order chi connectivity index (χ1) is 9.25. The summed E-state index contributed by atoms with van der Waals surface area (Å²) in [6.07, 6.45) is 0.764. The second-order valence-electron chi connectivity index (χ2n) is 4.89. The Morgan fingerprint density at radius 1 is 0.842 bits per heavy atom. The molecule has 94 valence electrons. The first kappa shape index (κ1) is 11.8. The average molecular weight is 248 g/mol. The third-order valence-electron chi connectivity index (χ3n) is 3.64. The summed E-state index contributed by atoms with van der Waals surface area (Å²) in [5, 5.41) is 12.5. The topological polar surface area (TPSA) is 20.2 Å². The molecule has 3 rings (SSSR count). The smallest absolute Gasteiger partial charge is 0.119 e. The molecule has 0 aromatic heterocycles. The summed E-state index contributed by atoms with van der Waals surface area (Å²) in [6.45, 7) is 2.11. The molecule has 0 aliphatic heterocycles. The van der Waals surface area contributed by atoms with Crippen molar-refractivity contribution in [3.8, 4) is 5.75 Å². The van der Waals surface area contributed by atoms with Crippen molar-refractivity contribution in [1.29, 1.82) is 0 Å². The van der Waals surface area contributed by atoms with Crippen LogP contribution in [0.4, 0.5) is 0 Å². The number of aryl methyl sites for hydroxylation is 1. The Labute approximate surface area is 113 Å². The SMILES string of the molecule is Cc1ccccc1Cc1c(O)ccc2ccccc12. The highest BCUT2D eigenvalue weighted by molar-refractivity contribution is 5.88. The number of fused-ring (bicyclic) bond motifs is 1. The number of rotatable bonds is 2. The minimum absolute atomic E-state index is 0.377. The van der Waals surface area contributed by atoms with Crippen LogP contribution in [0.15, 0.2) is 60.7 Å². The van der Waals surface area contributed by atoms with E-state index in [1.54, 1.807) is 6.07 Å². The highest BCUT2D eigenvalue weighted by Gasteiger charge is 2.08. The summed E-state index contributed by atoms with van der Waals surface area (Å²) < 4.78 is 0. The fourth-order valence-electron chi connectivity index (χ4n) is 2.51. The van der Waals surface area contributed by atoms with Crippen molar-refractivity contribution < 1.29 is 5.11 Å². The molecular formula is C18H16O. The van der Waals surface area contributed by atoms with Gasteiger partial charge in [0.1, 0.15) is 5.75 Å². The van der Waals surface area contributed by atoms with Crippen LogP contribution in [0, 0.1) is 6.92 Å². The highest BCUT2D eigenvalue weighted by atomic mass is 16.3. The van der Waals surface area contributed by atoms with Crippen molar-refractivity contribution in [2.24, 2.45) is 0 Å². The first-order valence-corrected chi connectivity index (χ1v) is 6.50. The molecule has 0 saturated carbocycles. The third-order valence-corrected chi connectivity index (χ3v) is 3.64. The van der Waals surface area contributed by atoms with E-state index in [1.807, 2.05) is 30.3 Å². The number of hydrogen-bond acceptors (Lipinski definition) is 1. The molecule has 3 aromatic rings. The fourth-order valence-corrected chi connectivity index (χ4v) is 2.51. The van der Waals surface area contributed by atoms with Gasteiger partial charge in [-0.15, -0.1) is 0 Å². The zero-order valence-electron chi connectivity index (χ0n) is 10.9. The number of aromatic hydroxyl groups is 1. The number of phenolic OH excluding ortho intramolecular Hbond substituents is 1. The van der Waals surface area contributed by atoms with Crippen molar-refractivity contribution in [1.82, 2.24) is 0 Å².